The van der Waals surface area contributed by atoms with E-state index in [0.717, 1.165) is 105 Å². The average Bonchev–Trinajstić information content (AvgIpc) is 3.91. The molecule has 0 amide bonds. The maximum absolute atomic E-state index is 6.65. The Hall–Kier alpha value is -5.56. The summed E-state index contributed by atoms with van der Waals surface area (Å²) in [5.41, 5.74) is 14.2. The summed E-state index contributed by atoms with van der Waals surface area (Å²) < 4.78 is 6.65. The van der Waals surface area contributed by atoms with Crippen LogP contribution in [0.15, 0.2) is 72.8 Å². The molecule has 54 heavy (non-hydrogen) atoms. The molecule has 0 aliphatic heterocycles. The zero-order chi connectivity index (χ0) is 36.8. The smallest absolute Gasteiger partial charge is 0.132 e. The number of unbranched alkanes of at least 4 members (excludes halogenated alkanes) is 9. The van der Waals surface area contributed by atoms with Gasteiger partial charge in [-0.2, -0.15) is 0 Å². The van der Waals surface area contributed by atoms with Crippen LogP contribution < -0.4 is 4.74 Å². The van der Waals surface area contributed by atoms with Crippen molar-refractivity contribution in [1.29, 1.82) is 0 Å². The molecule has 7 heteroatoms. The molecule has 2 aromatic carbocycles. The lowest BCUT2D eigenvalue weighted by Gasteiger charge is -2.15. The topological polar surface area (TPSA) is 92.4 Å². The van der Waals surface area contributed by atoms with Crippen molar-refractivity contribution in [1.82, 2.24) is 29.9 Å². The predicted molar refractivity (Wildman–Crippen MR) is 227 cm³/mol. The zero-order valence-corrected chi connectivity index (χ0v) is 31.9. The Bertz CT molecular complexity index is 2900. The molecule has 7 nitrogen and oxygen atoms in total. The van der Waals surface area contributed by atoms with Gasteiger partial charge in [0, 0.05) is 27.1 Å². The molecule has 0 spiro atoms. The number of hydrogen-bond donors (Lipinski definition) is 2. The summed E-state index contributed by atoms with van der Waals surface area (Å²) >= 11 is 0. The molecule has 7 aromatic heterocycles. The van der Waals surface area contributed by atoms with Crippen LogP contribution in [0.4, 0.5) is 0 Å². The Labute approximate surface area is 315 Å². The quantitative estimate of drug-likeness (QED) is 0.0971. The molecule has 0 aliphatic carbocycles. The number of benzene rings is 2. The highest BCUT2D eigenvalue weighted by atomic mass is 16.5. The first-order valence-corrected chi connectivity index (χ1v) is 20.0. The number of aromatic amines is 2. The van der Waals surface area contributed by atoms with Crippen LogP contribution in [0.1, 0.15) is 87.8 Å². The Balaban J connectivity index is 1.18. The van der Waals surface area contributed by atoms with Gasteiger partial charge in [-0.05, 0) is 92.9 Å². The maximum atomic E-state index is 6.65. The minimum absolute atomic E-state index is 0.690. The van der Waals surface area contributed by atoms with Crippen LogP contribution in [0.25, 0.3) is 87.7 Å². The van der Waals surface area contributed by atoms with Gasteiger partial charge in [-0.3, -0.25) is 0 Å². The van der Waals surface area contributed by atoms with Gasteiger partial charge < -0.3 is 14.7 Å². The lowest BCUT2D eigenvalue weighted by Crippen LogP contribution is -2.02. The van der Waals surface area contributed by atoms with E-state index in [9.17, 15) is 0 Å². The Morgan fingerprint density at radius 1 is 0.407 bits per heavy atom. The number of aryl methyl sites for hydroxylation is 3. The second kappa shape index (κ2) is 14.3. The number of pyridine rings is 4. The summed E-state index contributed by atoms with van der Waals surface area (Å²) in [5, 5.41) is 4.27. The van der Waals surface area contributed by atoms with Crippen LogP contribution >= 0.6 is 0 Å². The van der Waals surface area contributed by atoms with Gasteiger partial charge >= 0.3 is 0 Å². The van der Waals surface area contributed by atoms with Crippen LogP contribution in [0, 0.1) is 20.8 Å². The van der Waals surface area contributed by atoms with Gasteiger partial charge in [-0.25, -0.2) is 19.9 Å². The fourth-order valence-corrected chi connectivity index (χ4v) is 8.32. The van der Waals surface area contributed by atoms with Gasteiger partial charge in [0.25, 0.3) is 0 Å². The standard InChI is InChI=1S/C47H48N6O/c1-5-6-7-8-9-10-11-12-13-14-27-54-47-30(4)33-17-21-41-37-24-23-35(48-37)39-19-15-31-28(2)29(3)32-16-20-40(51-44(32)43(31)50-39)36-25-26-38(49-36)42-22-18-34(47)46(53-42)45(33)52-41/h15-26,48-49H,5-14,27H2,1-4H3. The number of ether oxygens (including phenoxy) is 1. The lowest BCUT2D eigenvalue weighted by atomic mass is 9.98. The molecule has 9 aromatic rings. The zero-order valence-electron chi connectivity index (χ0n) is 31.9. The number of fused-ring (bicyclic) bond motifs is 12. The predicted octanol–water partition coefficient (Wildman–Crippen LogP) is 12.9. The lowest BCUT2D eigenvalue weighted by molar-refractivity contribution is 0.306. The van der Waals surface area contributed by atoms with E-state index in [0.29, 0.717) is 6.61 Å². The minimum Gasteiger partial charge on any atom is -0.493 e. The average molecular weight is 713 g/mol. The molecule has 0 saturated heterocycles. The van der Waals surface area contributed by atoms with Crippen molar-refractivity contribution in [3.05, 3.63) is 89.5 Å². The molecule has 0 atom stereocenters. The van der Waals surface area contributed by atoms with Gasteiger partial charge in [-0.15, -0.1) is 0 Å². The Morgan fingerprint density at radius 2 is 0.759 bits per heavy atom. The van der Waals surface area contributed by atoms with E-state index in [2.05, 4.69) is 110 Å². The maximum Gasteiger partial charge on any atom is 0.132 e. The summed E-state index contributed by atoms with van der Waals surface area (Å²) in [6.45, 7) is 9.47. The van der Waals surface area contributed by atoms with Gasteiger partial charge in [0.1, 0.15) is 11.3 Å². The number of rotatable bonds is 12. The molecule has 0 saturated carbocycles. The highest BCUT2D eigenvalue weighted by molar-refractivity contribution is 6.11. The molecular weight excluding hydrogens is 665 g/mol. The molecule has 9 rings (SSSR count). The highest BCUT2D eigenvalue weighted by Gasteiger charge is 2.17. The third kappa shape index (κ3) is 6.09. The van der Waals surface area contributed by atoms with Gasteiger partial charge in [0.15, 0.2) is 0 Å². The van der Waals surface area contributed by atoms with Crippen molar-refractivity contribution in [3.63, 3.8) is 0 Å². The normalized spacial score (nSPS) is 12.1. The Kier molecular flexibility index (Phi) is 9.09. The van der Waals surface area contributed by atoms with Crippen molar-refractivity contribution in [2.45, 2.75) is 91.9 Å². The van der Waals surface area contributed by atoms with Crippen LogP contribution in [-0.4, -0.2) is 36.5 Å². The minimum atomic E-state index is 0.690. The molecule has 7 heterocycles. The van der Waals surface area contributed by atoms with Crippen LogP contribution in [0.3, 0.4) is 0 Å². The largest absolute Gasteiger partial charge is 0.493 e. The third-order valence-corrected chi connectivity index (χ3v) is 11.6. The number of hydrogen-bond acceptors (Lipinski definition) is 5. The molecule has 0 unspecified atom stereocenters. The van der Waals surface area contributed by atoms with Crippen molar-refractivity contribution in [3.8, 4) is 5.75 Å². The van der Waals surface area contributed by atoms with Crippen molar-refractivity contribution >= 4 is 87.7 Å². The van der Waals surface area contributed by atoms with E-state index in [-0.39, 0.29) is 0 Å². The van der Waals surface area contributed by atoms with E-state index in [1.807, 2.05) is 0 Å². The number of nitrogens with zero attached hydrogens (tertiary/aromatic N) is 4. The van der Waals surface area contributed by atoms with Crippen LogP contribution in [0.2, 0.25) is 0 Å². The first-order valence-electron chi connectivity index (χ1n) is 20.0. The molecular formula is C47H48N6O. The van der Waals surface area contributed by atoms with E-state index < -0.39 is 0 Å². The molecule has 2 N–H and O–H groups in total. The summed E-state index contributed by atoms with van der Waals surface area (Å²) in [6, 6.07) is 25.5. The molecule has 0 aliphatic rings. The summed E-state index contributed by atoms with van der Waals surface area (Å²) in [5.74, 6) is 0.904. The number of H-pyrrole nitrogens is 2. The van der Waals surface area contributed by atoms with Crippen molar-refractivity contribution in [2.24, 2.45) is 0 Å². The first-order chi connectivity index (χ1) is 26.5. The Morgan fingerprint density at radius 3 is 1.19 bits per heavy atom. The van der Waals surface area contributed by atoms with Crippen molar-refractivity contribution in [2.75, 3.05) is 6.61 Å². The number of nitrogens with one attached hydrogen (secondary N) is 2. The van der Waals surface area contributed by atoms with Crippen LogP contribution in [0.5, 0.6) is 5.75 Å². The van der Waals surface area contributed by atoms with Crippen molar-refractivity contribution < 1.29 is 4.74 Å². The highest BCUT2D eigenvalue weighted by Crippen LogP contribution is 2.38. The fraction of sp³-hybridized carbons (Fsp3) is 0.319. The molecule has 272 valence electrons. The van der Waals surface area contributed by atoms with E-state index in [1.165, 1.54) is 68.9 Å². The number of aromatic nitrogens is 6. The van der Waals surface area contributed by atoms with Gasteiger partial charge in [0.05, 0.1) is 67.3 Å². The summed E-state index contributed by atoms with van der Waals surface area (Å²) in [6.07, 6.45) is 13.0. The summed E-state index contributed by atoms with van der Waals surface area (Å²) in [4.78, 5) is 28.4. The molecule has 0 fully saturated rings. The fourth-order valence-electron chi connectivity index (χ4n) is 8.32. The second-order valence-corrected chi connectivity index (χ2v) is 15.2. The monoisotopic (exact) mass is 712 g/mol. The second-order valence-electron chi connectivity index (χ2n) is 15.2. The van der Waals surface area contributed by atoms with Gasteiger partial charge in [-0.1, -0.05) is 82.9 Å². The van der Waals surface area contributed by atoms with E-state index in [1.54, 1.807) is 0 Å². The molecule has 0 radical (unpaired) electrons. The SMILES string of the molecule is CCCCCCCCCCCCOc1c(C)c2ccc3nc2c2nc(ccc12)c1ccc([nH]1)c1ccc2c(C)c(C)c4ccc(nc4c2n1)c1ccc3[nH]1. The summed E-state index contributed by atoms with van der Waals surface area (Å²) in [7, 11) is 0. The first kappa shape index (κ1) is 34.2. The van der Waals surface area contributed by atoms with Crippen LogP contribution in [-0.2, 0) is 0 Å². The van der Waals surface area contributed by atoms with E-state index in [4.69, 9.17) is 24.7 Å². The third-order valence-electron chi connectivity index (χ3n) is 11.6. The molecule has 12 bridgehead atoms. The van der Waals surface area contributed by atoms with E-state index >= 15 is 0 Å². The van der Waals surface area contributed by atoms with Gasteiger partial charge in [0.2, 0.25) is 0 Å².